The van der Waals surface area contributed by atoms with Crippen molar-refractivity contribution in [3.8, 4) is 5.75 Å². The van der Waals surface area contributed by atoms with Crippen LogP contribution < -0.4 is 4.74 Å². The summed E-state index contributed by atoms with van der Waals surface area (Å²) in [5.41, 5.74) is 1.89. The predicted molar refractivity (Wildman–Crippen MR) is 70.3 cm³/mol. The molecular formula is C14H14FNO4. The van der Waals surface area contributed by atoms with Crippen LogP contribution in [0, 0.1) is 12.7 Å². The van der Waals surface area contributed by atoms with Crippen LogP contribution >= 0.6 is 0 Å². The van der Waals surface area contributed by atoms with Crippen molar-refractivity contribution in [2.45, 2.75) is 20.3 Å². The van der Waals surface area contributed by atoms with Gasteiger partial charge in [0.05, 0.1) is 11.9 Å². The van der Waals surface area contributed by atoms with Gasteiger partial charge in [-0.2, -0.15) is 0 Å². The summed E-state index contributed by atoms with van der Waals surface area (Å²) in [6.45, 7) is 2.94. The standard InChI is InChI=1S/C14H14FNO4/c1-7-9(5-14(18)19)10-4-13(20-8(2)17)11(15)6-12(10)16(7)3/h4,6H,5H2,1-3H3,(H,18,19). The number of aliphatic carboxylic acids is 1. The number of hydrogen-bond donors (Lipinski definition) is 1. The first-order valence-corrected chi connectivity index (χ1v) is 5.99. The van der Waals surface area contributed by atoms with E-state index in [1.165, 1.54) is 19.1 Å². The Kier molecular flexibility index (Phi) is 3.48. The first-order valence-electron chi connectivity index (χ1n) is 5.99. The fourth-order valence-corrected chi connectivity index (χ4v) is 2.25. The SMILES string of the molecule is CC(=O)Oc1cc2c(CC(=O)O)c(C)n(C)c2cc1F. The van der Waals surface area contributed by atoms with Gasteiger partial charge in [-0.1, -0.05) is 0 Å². The number of carbonyl (C=O) groups is 2. The van der Waals surface area contributed by atoms with Crippen LogP contribution in [0.5, 0.6) is 5.75 Å². The zero-order chi connectivity index (χ0) is 15.0. The highest BCUT2D eigenvalue weighted by molar-refractivity contribution is 5.90. The number of carboxylic acid groups (broad SMARTS) is 1. The van der Waals surface area contributed by atoms with E-state index in [1.807, 2.05) is 0 Å². The lowest BCUT2D eigenvalue weighted by Gasteiger charge is -2.04. The van der Waals surface area contributed by atoms with Gasteiger partial charge < -0.3 is 14.4 Å². The lowest BCUT2D eigenvalue weighted by molar-refractivity contribution is -0.136. The van der Waals surface area contributed by atoms with E-state index < -0.39 is 17.8 Å². The van der Waals surface area contributed by atoms with Crippen LogP contribution in [0.3, 0.4) is 0 Å². The smallest absolute Gasteiger partial charge is 0.308 e. The van der Waals surface area contributed by atoms with E-state index in [9.17, 15) is 14.0 Å². The Morgan fingerprint density at radius 1 is 1.40 bits per heavy atom. The van der Waals surface area contributed by atoms with Gasteiger partial charge in [0.15, 0.2) is 11.6 Å². The molecule has 106 valence electrons. The molecule has 0 aliphatic heterocycles. The fraction of sp³-hybridized carbons (Fsp3) is 0.286. The van der Waals surface area contributed by atoms with Gasteiger partial charge in [0.2, 0.25) is 0 Å². The number of aryl methyl sites for hydroxylation is 1. The summed E-state index contributed by atoms with van der Waals surface area (Å²) < 4.78 is 20.4. The van der Waals surface area contributed by atoms with E-state index in [1.54, 1.807) is 18.5 Å². The molecule has 0 unspecified atom stereocenters. The van der Waals surface area contributed by atoms with Gasteiger partial charge in [-0.25, -0.2) is 4.39 Å². The summed E-state index contributed by atoms with van der Waals surface area (Å²) >= 11 is 0. The maximum atomic E-state index is 13.9. The van der Waals surface area contributed by atoms with E-state index in [0.29, 0.717) is 16.5 Å². The number of esters is 1. The molecule has 1 aromatic carbocycles. The second-order valence-electron chi connectivity index (χ2n) is 4.59. The number of nitrogens with zero attached hydrogens (tertiary/aromatic N) is 1. The van der Waals surface area contributed by atoms with E-state index >= 15 is 0 Å². The molecule has 2 rings (SSSR count). The van der Waals surface area contributed by atoms with E-state index in [0.717, 1.165) is 5.69 Å². The van der Waals surface area contributed by atoms with Crippen LogP contribution in [0.1, 0.15) is 18.2 Å². The third-order valence-electron chi connectivity index (χ3n) is 3.26. The molecule has 0 saturated heterocycles. The monoisotopic (exact) mass is 279 g/mol. The summed E-state index contributed by atoms with van der Waals surface area (Å²) in [7, 11) is 1.73. The molecule has 0 atom stereocenters. The third kappa shape index (κ3) is 2.36. The number of carboxylic acids is 1. The molecule has 0 fully saturated rings. The number of rotatable bonds is 3. The number of carbonyl (C=O) groups excluding carboxylic acids is 1. The average Bonchev–Trinajstić information content (AvgIpc) is 2.54. The second-order valence-corrected chi connectivity index (χ2v) is 4.59. The number of fused-ring (bicyclic) bond motifs is 1. The zero-order valence-electron chi connectivity index (χ0n) is 11.4. The molecule has 1 aromatic heterocycles. The first kappa shape index (κ1) is 14.0. The Balaban J connectivity index is 2.70. The first-order chi connectivity index (χ1) is 9.31. The van der Waals surface area contributed by atoms with Crippen molar-refractivity contribution in [1.29, 1.82) is 0 Å². The van der Waals surface area contributed by atoms with Gasteiger partial charge in [0.1, 0.15) is 0 Å². The molecule has 0 radical (unpaired) electrons. The van der Waals surface area contributed by atoms with Crippen LogP contribution in [-0.4, -0.2) is 21.6 Å². The van der Waals surface area contributed by atoms with Crippen molar-refractivity contribution >= 4 is 22.8 Å². The number of halogens is 1. The zero-order valence-corrected chi connectivity index (χ0v) is 11.4. The highest BCUT2D eigenvalue weighted by atomic mass is 19.1. The Hall–Kier alpha value is -2.37. The number of ether oxygens (including phenoxy) is 1. The molecule has 20 heavy (non-hydrogen) atoms. The highest BCUT2D eigenvalue weighted by Gasteiger charge is 2.18. The maximum absolute atomic E-state index is 13.9. The fourth-order valence-electron chi connectivity index (χ4n) is 2.25. The highest BCUT2D eigenvalue weighted by Crippen LogP contribution is 2.31. The quantitative estimate of drug-likeness (QED) is 0.690. The summed E-state index contributed by atoms with van der Waals surface area (Å²) in [4.78, 5) is 21.9. The van der Waals surface area contributed by atoms with Crippen molar-refractivity contribution in [3.05, 3.63) is 29.2 Å². The van der Waals surface area contributed by atoms with E-state index in [2.05, 4.69) is 0 Å². The van der Waals surface area contributed by atoms with Gasteiger partial charge in [-0.05, 0) is 18.6 Å². The molecular weight excluding hydrogens is 265 g/mol. The minimum absolute atomic E-state index is 0.172. The molecule has 0 spiro atoms. The normalized spacial score (nSPS) is 10.8. The maximum Gasteiger partial charge on any atom is 0.308 e. The third-order valence-corrected chi connectivity index (χ3v) is 3.26. The molecule has 0 saturated carbocycles. The molecule has 2 aromatic rings. The predicted octanol–water partition coefficient (Wildman–Crippen LogP) is 2.18. The molecule has 0 aliphatic rings. The molecule has 0 bridgehead atoms. The lowest BCUT2D eigenvalue weighted by atomic mass is 10.1. The number of hydrogen-bond acceptors (Lipinski definition) is 3. The van der Waals surface area contributed by atoms with Crippen LogP contribution in [0.15, 0.2) is 12.1 Å². The Morgan fingerprint density at radius 3 is 2.60 bits per heavy atom. The van der Waals surface area contributed by atoms with Crippen molar-refractivity contribution < 1.29 is 23.8 Å². The average molecular weight is 279 g/mol. The summed E-state index contributed by atoms with van der Waals surface area (Å²) in [5, 5.41) is 9.53. The second kappa shape index (κ2) is 4.96. The van der Waals surface area contributed by atoms with Crippen molar-refractivity contribution in [2.24, 2.45) is 7.05 Å². The van der Waals surface area contributed by atoms with Crippen LogP contribution in [0.2, 0.25) is 0 Å². The summed E-state index contributed by atoms with van der Waals surface area (Å²) in [5.74, 6) is -2.45. The van der Waals surface area contributed by atoms with Gasteiger partial charge in [0.25, 0.3) is 0 Å². The van der Waals surface area contributed by atoms with E-state index in [-0.39, 0.29) is 12.2 Å². The molecule has 5 nitrogen and oxygen atoms in total. The number of benzene rings is 1. The van der Waals surface area contributed by atoms with Crippen molar-refractivity contribution in [2.75, 3.05) is 0 Å². The van der Waals surface area contributed by atoms with Gasteiger partial charge >= 0.3 is 11.9 Å². The summed E-state index contributed by atoms with van der Waals surface area (Å²) in [6, 6.07) is 2.61. The van der Waals surface area contributed by atoms with Crippen LogP contribution in [-0.2, 0) is 23.1 Å². The topological polar surface area (TPSA) is 68.5 Å². The Labute approximate surface area is 114 Å². The van der Waals surface area contributed by atoms with Gasteiger partial charge in [-0.3, -0.25) is 9.59 Å². The largest absolute Gasteiger partial charge is 0.481 e. The van der Waals surface area contributed by atoms with Crippen molar-refractivity contribution in [1.82, 2.24) is 4.57 Å². The molecule has 1 N–H and O–H groups in total. The molecule has 1 heterocycles. The minimum Gasteiger partial charge on any atom is -0.481 e. The summed E-state index contributed by atoms with van der Waals surface area (Å²) in [6.07, 6.45) is -0.172. The minimum atomic E-state index is -0.973. The van der Waals surface area contributed by atoms with E-state index in [4.69, 9.17) is 9.84 Å². The van der Waals surface area contributed by atoms with Crippen LogP contribution in [0.25, 0.3) is 10.9 Å². The molecule has 6 heteroatoms. The van der Waals surface area contributed by atoms with Crippen molar-refractivity contribution in [3.63, 3.8) is 0 Å². The van der Waals surface area contributed by atoms with Crippen LogP contribution in [0.4, 0.5) is 4.39 Å². The Bertz CT molecular complexity index is 718. The van der Waals surface area contributed by atoms with Gasteiger partial charge in [-0.15, -0.1) is 0 Å². The molecule has 0 amide bonds. The lowest BCUT2D eigenvalue weighted by Crippen LogP contribution is -2.03. The number of aromatic nitrogens is 1. The molecule has 0 aliphatic carbocycles. The van der Waals surface area contributed by atoms with Gasteiger partial charge in [0, 0.05) is 31.1 Å². The Morgan fingerprint density at radius 2 is 2.05 bits per heavy atom.